The lowest BCUT2D eigenvalue weighted by molar-refractivity contribution is 0.696. The molecule has 1 heterocycles. The van der Waals surface area contributed by atoms with Crippen LogP contribution in [0, 0.1) is 0 Å². The quantitative estimate of drug-likeness (QED) is 0.732. The molecule has 114 valence electrons. The van der Waals surface area contributed by atoms with Crippen LogP contribution in [-0.2, 0) is 13.5 Å². The second-order valence-corrected chi connectivity index (χ2v) is 6.37. The van der Waals surface area contributed by atoms with E-state index in [2.05, 4.69) is 42.1 Å². The zero-order valence-electron chi connectivity index (χ0n) is 12.4. The van der Waals surface area contributed by atoms with Gasteiger partial charge in [0.2, 0.25) is 0 Å². The van der Waals surface area contributed by atoms with Gasteiger partial charge in [-0.1, -0.05) is 47.5 Å². The highest BCUT2D eigenvalue weighted by Crippen LogP contribution is 2.34. The number of para-hydroxylation sites is 1. The van der Waals surface area contributed by atoms with Gasteiger partial charge in [0, 0.05) is 40.1 Å². The predicted octanol–water partition coefficient (Wildman–Crippen LogP) is 4.77. The van der Waals surface area contributed by atoms with Crippen LogP contribution in [0.25, 0.3) is 10.9 Å². The van der Waals surface area contributed by atoms with Crippen molar-refractivity contribution in [2.45, 2.75) is 12.3 Å². The molecule has 0 aliphatic carbocycles. The Kier molecular flexibility index (Phi) is 4.44. The van der Waals surface area contributed by atoms with Gasteiger partial charge in [-0.3, -0.25) is 0 Å². The summed E-state index contributed by atoms with van der Waals surface area (Å²) in [5.41, 5.74) is 9.45. The average molecular weight is 333 g/mol. The van der Waals surface area contributed by atoms with Crippen molar-refractivity contribution in [1.29, 1.82) is 0 Å². The molecule has 3 rings (SSSR count). The third-order valence-electron chi connectivity index (χ3n) is 4.14. The number of nitrogens with two attached hydrogens (primary N) is 1. The molecule has 0 amide bonds. The fourth-order valence-corrected chi connectivity index (χ4v) is 3.76. The summed E-state index contributed by atoms with van der Waals surface area (Å²) in [6.45, 7) is 0.507. The van der Waals surface area contributed by atoms with E-state index in [1.54, 1.807) is 0 Å². The zero-order valence-corrected chi connectivity index (χ0v) is 13.9. The molecule has 0 aliphatic heterocycles. The number of aromatic nitrogens is 1. The molecular formula is C18H18Cl2N2. The van der Waals surface area contributed by atoms with Gasteiger partial charge in [0.05, 0.1) is 0 Å². The topological polar surface area (TPSA) is 30.9 Å². The minimum absolute atomic E-state index is 0.104. The molecule has 0 aliphatic rings. The van der Waals surface area contributed by atoms with E-state index >= 15 is 0 Å². The van der Waals surface area contributed by atoms with Crippen LogP contribution in [0.1, 0.15) is 17.0 Å². The highest BCUT2D eigenvalue weighted by atomic mass is 35.5. The van der Waals surface area contributed by atoms with Crippen molar-refractivity contribution in [2.24, 2.45) is 12.8 Å². The smallest absolute Gasteiger partial charge is 0.0480 e. The van der Waals surface area contributed by atoms with Crippen LogP contribution in [0.5, 0.6) is 0 Å². The van der Waals surface area contributed by atoms with Gasteiger partial charge >= 0.3 is 0 Å². The van der Waals surface area contributed by atoms with Crippen molar-refractivity contribution >= 4 is 34.1 Å². The molecule has 1 atom stereocenters. The van der Waals surface area contributed by atoms with Crippen LogP contribution in [0.3, 0.4) is 0 Å². The summed E-state index contributed by atoms with van der Waals surface area (Å²) < 4.78 is 2.15. The standard InChI is InChI=1S/C18H18Cl2N2/c1-22-11-13(14-5-2-3-8-17(14)22)9-12(10-21)18-15(19)6-4-7-16(18)20/h2-8,11-12H,9-10,21H2,1H3. The molecule has 3 aromatic rings. The van der Waals surface area contributed by atoms with Gasteiger partial charge in [0.15, 0.2) is 0 Å². The lowest BCUT2D eigenvalue weighted by atomic mass is 9.91. The van der Waals surface area contributed by atoms with Crippen molar-refractivity contribution in [3.05, 3.63) is 69.8 Å². The van der Waals surface area contributed by atoms with E-state index in [-0.39, 0.29) is 5.92 Å². The number of halogens is 2. The van der Waals surface area contributed by atoms with Gasteiger partial charge in [-0.05, 0) is 42.3 Å². The maximum Gasteiger partial charge on any atom is 0.0480 e. The van der Waals surface area contributed by atoms with Crippen molar-refractivity contribution in [2.75, 3.05) is 6.54 Å². The molecule has 0 saturated heterocycles. The maximum atomic E-state index is 6.35. The van der Waals surface area contributed by atoms with E-state index < -0.39 is 0 Å². The molecule has 22 heavy (non-hydrogen) atoms. The van der Waals surface area contributed by atoms with Crippen LogP contribution in [0.2, 0.25) is 10.0 Å². The molecule has 0 saturated carbocycles. The molecule has 0 fully saturated rings. The van der Waals surface area contributed by atoms with Crippen LogP contribution in [0.15, 0.2) is 48.7 Å². The van der Waals surface area contributed by atoms with Gasteiger partial charge in [0.25, 0.3) is 0 Å². The molecule has 0 spiro atoms. The van der Waals surface area contributed by atoms with Crippen LogP contribution >= 0.6 is 23.2 Å². The molecule has 2 N–H and O–H groups in total. The predicted molar refractivity (Wildman–Crippen MR) is 94.9 cm³/mol. The number of rotatable bonds is 4. The van der Waals surface area contributed by atoms with E-state index in [1.807, 2.05) is 18.2 Å². The summed E-state index contributed by atoms with van der Waals surface area (Å²) in [5, 5.41) is 2.62. The Labute approximate surface area is 140 Å². The van der Waals surface area contributed by atoms with Crippen molar-refractivity contribution in [1.82, 2.24) is 4.57 Å². The lowest BCUT2D eigenvalue weighted by Gasteiger charge is -2.18. The largest absolute Gasteiger partial charge is 0.350 e. The summed E-state index contributed by atoms with van der Waals surface area (Å²) in [6, 6.07) is 14.0. The van der Waals surface area contributed by atoms with E-state index in [9.17, 15) is 0 Å². The fraction of sp³-hybridized carbons (Fsp3) is 0.222. The first-order valence-corrected chi connectivity index (χ1v) is 8.04. The lowest BCUT2D eigenvalue weighted by Crippen LogP contribution is -2.16. The van der Waals surface area contributed by atoms with Crippen LogP contribution < -0.4 is 5.73 Å². The maximum absolute atomic E-state index is 6.35. The highest BCUT2D eigenvalue weighted by Gasteiger charge is 2.19. The van der Waals surface area contributed by atoms with Crippen LogP contribution in [-0.4, -0.2) is 11.1 Å². The molecule has 1 unspecified atom stereocenters. The molecule has 4 heteroatoms. The van der Waals surface area contributed by atoms with Gasteiger partial charge in [-0.25, -0.2) is 0 Å². The van der Waals surface area contributed by atoms with Crippen molar-refractivity contribution in [3.63, 3.8) is 0 Å². The molecule has 0 radical (unpaired) electrons. The molecular weight excluding hydrogens is 315 g/mol. The van der Waals surface area contributed by atoms with E-state index in [0.29, 0.717) is 16.6 Å². The van der Waals surface area contributed by atoms with Crippen LogP contribution in [0.4, 0.5) is 0 Å². The van der Waals surface area contributed by atoms with Crippen molar-refractivity contribution < 1.29 is 0 Å². The molecule has 2 aromatic carbocycles. The van der Waals surface area contributed by atoms with Gasteiger partial charge < -0.3 is 10.3 Å². The Hall–Kier alpha value is -1.48. The van der Waals surface area contributed by atoms with Gasteiger partial charge in [-0.15, -0.1) is 0 Å². The summed E-state index contributed by atoms with van der Waals surface area (Å²) in [5.74, 6) is 0.104. The third-order valence-corrected chi connectivity index (χ3v) is 4.80. The molecule has 0 bridgehead atoms. The highest BCUT2D eigenvalue weighted by molar-refractivity contribution is 6.36. The Morgan fingerprint density at radius 1 is 1.05 bits per heavy atom. The Balaban J connectivity index is 2.02. The Morgan fingerprint density at radius 2 is 1.73 bits per heavy atom. The third kappa shape index (κ3) is 2.74. The Morgan fingerprint density at radius 3 is 2.41 bits per heavy atom. The first kappa shape index (κ1) is 15.4. The number of hydrogen-bond acceptors (Lipinski definition) is 1. The first-order chi connectivity index (χ1) is 10.6. The average Bonchev–Trinajstić information content (AvgIpc) is 2.83. The summed E-state index contributed by atoms with van der Waals surface area (Å²) >= 11 is 12.7. The van der Waals surface area contributed by atoms with E-state index in [4.69, 9.17) is 28.9 Å². The minimum Gasteiger partial charge on any atom is -0.350 e. The monoisotopic (exact) mass is 332 g/mol. The second-order valence-electron chi connectivity index (χ2n) is 5.55. The number of hydrogen-bond donors (Lipinski definition) is 1. The summed E-state index contributed by atoms with van der Waals surface area (Å²) in [6.07, 6.45) is 2.99. The second kappa shape index (κ2) is 6.33. The molecule has 2 nitrogen and oxygen atoms in total. The number of aryl methyl sites for hydroxylation is 1. The number of fused-ring (bicyclic) bond motifs is 1. The van der Waals surface area contributed by atoms with Gasteiger partial charge in [-0.2, -0.15) is 0 Å². The fourth-order valence-electron chi connectivity index (χ4n) is 3.06. The first-order valence-electron chi connectivity index (χ1n) is 7.28. The van der Waals surface area contributed by atoms with E-state index in [0.717, 1.165) is 12.0 Å². The van der Waals surface area contributed by atoms with Crippen molar-refractivity contribution in [3.8, 4) is 0 Å². The Bertz CT molecular complexity index is 788. The summed E-state index contributed by atoms with van der Waals surface area (Å²) in [4.78, 5) is 0. The number of benzene rings is 2. The van der Waals surface area contributed by atoms with E-state index in [1.165, 1.54) is 16.5 Å². The van der Waals surface area contributed by atoms with Gasteiger partial charge in [0.1, 0.15) is 0 Å². The SMILES string of the molecule is Cn1cc(CC(CN)c2c(Cl)cccc2Cl)c2ccccc21. The minimum atomic E-state index is 0.104. The zero-order chi connectivity index (χ0) is 15.7. The number of nitrogens with zero attached hydrogens (tertiary/aromatic N) is 1. The normalized spacial score (nSPS) is 12.7. The molecule has 1 aromatic heterocycles. The summed E-state index contributed by atoms with van der Waals surface area (Å²) in [7, 11) is 2.06.